The topological polar surface area (TPSA) is 65.4 Å². The summed E-state index contributed by atoms with van der Waals surface area (Å²) in [6, 6.07) is 11.5. The van der Waals surface area contributed by atoms with Gasteiger partial charge in [0.2, 0.25) is 0 Å². The lowest BCUT2D eigenvalue weighted by Crippen LogP contribution is -1.94. The molecule has 3 rings (SSSR count). The summed E-state index contributed by atoms with van der Waals surface area (Å²) in [5.41, 5.74) is 7.39. The zero-order valence-electron chi connectivity index (χ0n) is 11.0. The number of nitrogen functional groups attached to an aromatic ring is 1. The van der Waals surface area contributed by atoms with Gasteiger partial charge >= 0.3 is 0 Å². The highest BCUT2D eigenvalue weighted by Crippen LogP contribution is 2.31. The third kappa shape index (κ3) is 2.55. The van der Waals surface area contributed by atoms with Gasteiger partial charge in [-0.1, -0.05) is 6.07 Å². The van der Waals surface area contributed by atoms with Crippen LogP contribution in [0.1, 0.15) is 6.92 Å². The molecule has 0 saturated heterocycles. The molecule has 0 atom stereocenters. The second-order valence-electron chi connectivity index (χ2n) is 4.18. The molecule has 6 heteroatoms. The summed E-state index contributed by atoms with van der Waals surface area (Å²) in [4.78, 5) is 0.978. The van der Waals surface area contributed by atoms with Gasteiger partial charge in [-0.15, -0.1) is 10.2 Å². The van der Waals surface area contributed by atoms with Gasteiger partial charge in [0.25, 0.3) is 0 Å². The van der Waals surface area contributed by atoms with Crippen molar-refractivity contribution in [1.29, 1.82) is 0 Å². The van der Waals surface area contributed by atoms with Crippen molar-refractivity contribution in [2.24, 2.45) is 0 Å². The van der Waals surface area contributed by atoms with Crippen LogP contribution in [0.15, 0.2) is 52.6 Å². The van der Waals surface area contributed by atoms with Gasteiger partial charge in [-0.3, -0.25) is 4.40 Å². The van der Waals surface area contributed by atoms with Crippen molar-refractivity contribution in [2.75, 3.05) is 12.3 Å². The molecular weight excluding hydrogens is 272 g/mol. The predicted molar refractivity (Wildman–Crippen MR) is 79.1 cm³/mol. The first-order valence-corrected chi connectivity index (χ1v) is 7.09. The Morgan fingerprint density at radius 2 is 2.15 bits per heavy atom. The monoisotopic (exact) mass is 286 g/mol. The van der Waals surface area contributed by atoms with Crippen molar-refractivity contribution < 1.29 is 4.74 Å². The Bertz CT molecular complexity index is 741. The summed E-state index contributed by atoms with van der Waals surface area (Å²) < 4.78 is 7.44. The molecule has 3 aromatic rings. The number of fused-ring (bicyclic) bond motifs is 1. The van der Waals surface area contributed by atoms with Crippen LogP contribution in [0.4, 0.5) is 5.69 Å². The van der Waals surface area contributed by atoms with Gasteiger partial charge in [0.15, 0.2) is 10.8 Å². The first kappa shape index (κ1) is 12.8. The minimum absolute atomic E-state index is 0.613. The Kier molecular flexibility index (Phi) is 3.47. The van der Waals surface area contributed by atoms with Gasteiger partial charge in [-0.2, -0.15) is 0 Å². The van der Waals surface area contributed by atoms with Crippen molar-refractivity contribution in [3.63, 3.8) is 0 Å². The summed E-state index contributed by atoms with van der Waals surface area (Å²) in [5, 5.41) is 9.12. The second-order valence-corrected chi connectivity index (χ2v) is 5.22. The third-order valence-corrected chi connectivity index (χ3v) is 3.64. The van der Waals surface area contributed by atoms with E-state index in [2.05, 4.69) is 10.2 Å². The molecule has 0 radical (unpaired) electrons. The Balaban J connectivity index is 1.94. The Morgan fingerprint density at radius 3 is 3.00 bits per heavy atom. The van der Waals surface area contributed by atoms with E-state index in [0.29, 0.717) is 12.3 Å². The van der Waals surface area contributed by atoms with E-state index in [1.54, 1.807) is 0 Å². The van der Waals surface area contributed by atoms with Crippen LogP contribution < -0.4 is 10.5 Å². The van der Waals surface area contributed by atoms with Crippen LogP contribution in [0.2, 0.25) is 0 Å². The van der Waals surface area contributed by atoms with E-state index in [1.807, 2.05) is 53.9 Å². The second kappa shape index (κ2) is 5.42. The summed E-state index contributed by atoms with van der Waals surface area (Å²) in [7, 11) is 0. The fourth-order valence-electron chi connectivity index (χ4n) is 1.90. The molecule has 102 valence electrons. The maximum absolute atomic E-state index is 5.90. The minimum atomic E-state index is 0.613. The molecule has 0 aliphatic heterocycles. The molecular formula is C14H14N4OS. The van der Waals surface area contributed by atoms with Crippen LogP contribution in [-0.2, 0) is 0 Å². The molecule has 2 N–H and O–H groups in total. The van der Waals surface area contributed by atoms with Crippen LogP contribution in [0.25, 0.3) is 5.65 Å². The maximum atomic E-state index is 5.90. The van der Waals surface area contributed by atoms with E-state index in [0.717, 1.165) is 21.4 Å². The number of hydrogen-bond donors (Lipinski definition) is 1. The number of pyridine rings is 1. The number of rotatable bonds is 4. The van der Waals surface area contributed by atoms with Gasteiger partial charge in [-0.25, -0.2) is 0 Å². The van der Waals surface area contributed by atoms with Crippen molar-refractivity contribution >= 4 is 23.1 Å². The lowest BCUT2D eigenvalue weighted by Gasteiger charge is -2.07. The van der Waals surface area contributed by atoms with E-state index >= 15 is 0 Å². The highest BCUT2D eigenvalue weighted by atomic mass is 32.2. The molecule has 2 heterocycles. The molecule has 5 nitrogen and oxygen atoms in total. The minimum Gasteiger partial charge on any atom is -0.494 e. The van der Waals surface area contributed by atoms with Crippen molar-refractivity contribution in [3.8, 4) is 5.75 Å². The summed E-state index contributed by atoms with van der Waals surface area (Å²) in [6.45, 7) is 2.56. The molecule has 0 fully saturated rings. The van der Waals surface area contributed by atoms with Gasteiger partial charge in [0.05, 0.1) is 6.61 Å². The average Bonchev–Trinajstić information content (AvgIpc) is 2.82. The van der Waals surface area contributed by atoms with Crippen LogP contribution >= 0.6 is 11.8 Å². The number of anilines is 1. The molecule has 0 spiro atoms. The molecule has 0 unspecified atom stereocenters. The molecule has 0 amide bonds. The molecule has 0 aliphatic carbocycles. The largest absolute Gasteiger partial charge is 0.494 e. The smallest absolute Gasteiger partial charge is 0.200 e. The molecule has 0 aliphatic rings. The van der Waals surface area contributed by atoms with E-state index in [1.165, 1.54) is 11.8 Å². The number of nitrogens with zero attached hydrogens (tertiary/aromatic N) is 3. The Labute approximate surface area is 120 Å². The quantitative estimate of drug-likeness (QED) is 0.747. The molecule has 0 bridgehead atoms. The lowest BCUT2D eigenvalue weighted by atomic mass is 10.3. The van der Waals surface area contributed by atoms with E-state index in [4.69, 9.17) is 10.5 Å². The van der Waals surface area contributed by atoms with Gasteiger partial charge < -0.3 is 10.5 Å². The standard InChI is InChI=1S/C14H14N4OS/c1-2-19-11-7-10(15)8-12(9-11)20-14-17-16-13-5-3-4-6-18(13)14/h3-9H,2,15H2,1H3. The highest BCUT2D eigenvalue weighted by molar-refractivity contribution is 7.99. The van der Waals surface area contributed by atoms with Crippen LogP contribution in [0.3, 0.4) is 0 Å². The van der Waals surface area contributed by atoms with Gasteiger partial charge in [-0.05, 0) is 43.0 Å². The van der Waals surface area contributed by atoms with Crippen LogP contribution in [0.5, 0.6) is 5.75 Å². The van der Waals surface area contributed by atoms with E-state index in [-0.39, 0.29) is 0 Å². The fraction of sp³-hybridized carbons (Fsp3) is 0.143. The summed E-state index contributed by atoms with van der Waals surface area (Å²) in [5.74, 6) is 0.767. The molecule has 20 heavy (non-hydrogen) atoms. The van der Waals surface area contributed by atoms with Crippen LogP contribution in [-0.4, -0.2) is 21.2 Å². The van der Waals surface area contributed by atoms with Gasteiger partial charge in [0, 0.05) is 22.8 Å². The van der Waals surface area contributed by atoms with E-state index in [9.17, 15) is 0 Å². The van der Waals surface area contributed by atoms with E-state index < -0.39 is 0 Å². The first-order chi connectivity index (χ1) is 9.76. The molecule has 1 aromatic carbocycles. The number of nitrogens with two attached hydrogens (primary N) is 1. The lowest BCUT2D eigenvalue weighted by molar-refractivity contribution is 0.339. The van der Waals surface area contributed by atoms with Gasteiger partial charge in [0.1, 0.15) is 5.75 Å². The summed E-state index contributed by atoms with van der Waals surface area (Å²) >= 11 is 1.51. The average molecular weight is 286 g/mol. The zero-order chi connectivity index (χ0) is 13.9. The SMILES string of the molecule is CCOc1cc(N)cc(Sc2nnc3ccccn23)c1. The number of ether oxygens (including phenoxy) is 1. The number of hydrogen-bond acceptors (Lipinski definition) is 5. The predicted octanol–water partition coefficient (Wildman–Crippen LogP) is 2.86. The van der Waals surface area contributed by atoms with Crippen LogP contribution in [0, 0.1) is 0 Å². The molecule has 2 aromatic heterocycles. The third-order valence-electron chi connectivity index (χ3n) is 2.70. The number of aromatic nitrogens is 3. The Morgan fingerprint density at radius 1 is 1.25 bits per heavy atom. The fourth-order valence-corrected chi connectivity index (χ4v) is 2.81. The first-order valence-electron chi connectivity index (χ1n) is 6.27. The maximum Gasteiger partial charge on any atom is 0.200 e. The normalized spacial score (nSPS) is 10.8. The van der Waals surface area contributed by atoms with Crippen molar-refractivity contribution in [2.45, 2.75) is 17.0 Å². The van der Waals surface area contributed by atoms with Crippen molar-refractivity contribution in [1.82, 2.24) is 14.6 Å². The zero-order valence-corrected chi connectivity index (χ0v) is 11.8. The number of benzene rings is 1. The van der Waals surface area contributed by atoms with Crippen molar-refractivity contribution in [3.05, 3.63) is 42.6 Å². The molecule has 0 saturated carbocycles. The highest BCUT2D eigenvalue weighted by Gasteiger charge is 2.08. The summed E-state index contributed by atoms with van der Waals surface area (Å²) in [6.07, 6.45) is 1.94. The Hall–Kier alpha value is -2.21.